The van der Waals surface area contributed by atoms with Gasteiger partial charge >= 0.3 is 0 Å². The van der Waals surface area contributed by atoms with E-state index >= 15 is 0 Å². The van der Waals surface area contributed by atoms with Crippen molar-refractivity contribution in [2.45, 2.75) is 12.8 Å². The average Bonchev–Trinajstić information content (AvgIpc) is 3.06. The predicted octanol–water partition coefficient (Wildman–Crippen LogP) is 2.69. The maximum atomic E-state index is 12.4. The molecule has 1 saturated heterocycles. The largest absolute Gasteiger partial charge is 0.868 e. The summed E-state index contributed by atoms with van der Waals surface area (Å²) in [5, 5.41) is 22.2. The van der Waals surface area contributed by atoms with Crippen molar-refractivity contribution in [1.29, 1.82) is 0 Å². The molecule has 3 rings (SSSR count). The maximum absolute atomic E-state index is 12.4. The lowest BCUT2D eigenvalue weighted by atomic mass is 10.1. The van der Waals surface area contributed by atoms with Gasteiger partial charge in [-0.05, 0) is 35.9 Å². The summed E-state index contributed by atoms with van der Waals surface area (Å²) in [7, 11) is 0. The number of allylic oxidation sites excluding steroid dienone is 1. The minimum atomic E-state index is -0.752. The van der Waals surface area contributed by atoms with Crippen LogP contribution in [-0.2, 0) is 4.79 Å². The van der Waals surface area contributed by atoms with Crippen LogP contribution in [0.2, 0.25) is 0 Å². The van der Waals surface area contributed by atoms with Gasteiger partial charge in [0.05, 0.1) is 4.92 Å². The molecular formula is C19H15N2O5-. The first-order valence-corrected chi connectivity index (χ1v) is 8.04. The maximum Gasteiger partial charge on any atom is 0.262 e. The zero-order valence-electron chi connectivity index (χ0n) is 13.8. The second-order valence-corrected chi connectivity index (χ2v) is 5.88. The van der Waals surface area contributed by atoms with E-state index in [1.54, 1.807) is 29.2 Å². The van der Waals surface area contributed by atoms with Crippen LogP contribution in [0.4, 0.5) is 11.4 Å². The quantitative estimate of drug-likeness (QED) is 0.356. The van der Waals surface area contributed by atoms with E-state index in [2.05, 4.69) is 0 Å². The zero-order chi connectivity index (χ0) is 18.7. The lowest BCUT2D eigenvalue weighted by molar-refractivity contribution is -0.398. The zero-order valence-corrected chi connectivity index (χ0v) is 13.8. The van der Waals surface area contributed by atoms with Crippen molar-refractivity contribution >= 4 is 29.1 Å². The molecular weight excluding hydrogens is 336 g/mol. The van der Waals surface area contributed by atoms with Crippen molar-refractivity contribution in [3.05, 3.63) is 69.8 Å². The number of anilines is 1. The lowest BCUT2D eigenvalue weighted by Crippen LogP contribution is -2.23. The molecule has 1 heterocycles. The number of hydrogen-bond acceptors (Lipinski definition) is 5. The van der Waals surface area contributed by atoms with E-state index in [-0.39, 0.29) is 11.7 Å². The highest BCUT2D eigenvalue weighted by molar-refractivity contribution is 6.08. The second-order valence-electron chi connectivity index (χ2n) is 5.88. The Labute approximate surface area is 149 Å². The highest BCUT2D eigenvalue weighted by atomic mass is 16.6. The van der Waals surface area contributed by atoms with Crippen molar-refractivity contribution in [2.24, 2.45) is 0 Å². The molecule has 7 heteroatoms. The third kappa shape index (κ3) is 3.61. The molecule has 7 nitrogen and oxygen atoms in total. The second kappa shape index (κ2) is 7.18. The summed E-state index contributed by atoms with van der Waals surface area (Å²) in [6.45, 7) is 0.636. The first kappa shape index (κ1) is 17.3. The van der Waals surface area contributed by atoms with E-state index in [9.17, 15) is 24.8 Å². The summed E-state index contributed by atoms with van der Waals surface area (Å²) in [5.41, 5.74) is 0.941. The van der Waals surface area contributed by atoms with E-state index < -0.39 is 16.4 Å². The number of hydrogen-bond donors (Lipinski definition) is 0. The van der Waals surface area contributed by atoms with Crippen LogP contribution in [0.3, 0.4) is 0 Å². The number of nitro benzene ring substituents is 1. The summed E-state index contributed by atoms with van der Waals surface area (Å²) >= 11 is 0. The van der Waals surface area contributed by atoms with E-state index in [1.165, 1.54) is 18.2 Å². The first-order chi connectivity index (χ1) is 12.5. The van der Waals surface area contributed by atoms with Gasteiger partial charge in [-0.25, -0.2) is 0 Å². The average molecular weight is 351 g/mol. The number of nitrogens with zero attached hydrogens (tertiary/aromatic N) is 2. The van der Waals surface area contributed by atoms with Crippen LogP contribution in [-0.4, -0.2) is 23.2 Å². The Balaban J connectivity index is 1.80. The highest BCUT2D eigenvalue weighted by Gasteiger charge is 2.22. The third-order valence-electron chi connectivity index (χ3n) is 4.12. The fourth-order valence-electron chi connectivity index (χ4n) is 2.80. The Hall–Kier alpha value is -3.48. The molecule has 0 unspecified atom stereocenters. The number of nitro groups is 1. The summed E-state index contributed by atoms with van der Waals surface area (Å²) in [6.07, 6.45) is 4.01. The Kier molecular flexibility index (Phi) is 4.79. The molecule has 0 N–H and O–H groups in total. The summed E-state index contributed by atoms with van der Waals surface area (Å²) in [6, 6.07) is 10.4. The number of carbonyl (C=O) groups is 2. The van der Waals surface area contributed by atoms with E-state index in [0.29, 0.717) is 29.8 Å². The monoisotopic (exact) mass is 351 g/mol. The SMILES string of the molecule is O=C(/C=C/c1ccc([O-])c([N+](=O)[O-])c1)c1cccc(N2CCCC2=O)c1. The molecule has 1 amide bonds. The van der Waals surface area contributed by atoms with Crippen LogP contribution in [0.15, 0.2) is 48.5 Å². The van der Waals surface area contributed by atoms with Gasteiger partial charge in [0.1, 0.15) is 0 Å². The summed E-state index contributed by atoms with van der Waals surface area (Å²) in [5.74, 6) is -0.941. The van der Waals surface area contributed by atoms with Crippen molar-refractivity contribution in [1.82, 2.24) is 0 Å². The van der Waals surface area contributed by atoms with Gasteiger partial charge in [0.15, 0.2) is 5.78 Å². The Morgan fingerprint density at radius 2 is 2.00 bits per heavy atom. The molecule has 0 aromatic heterocycles. The Morgan fingerprint density at radius 1 is 1.19 bits per heavy atom. The number of benzene rings is 2. The third-order valence-corrected chi connectivity index (χ3v) is 4.12. The molecule has 2 aromatic rings. The standard InChI is InChI=1S/C19H16N2O5/c22-17(8-6-13-7-9-18(23)16(11-13)21(25)26)14-3-1-4-15(12-14)20-10-2-5-19(20)24/h1,3-4,6-9,11-12,23H,2,5,10H2/p-1/b8-6+. The van der Waals surface area contributed by atoms with E-state index in [1.807, 2.05) is 0 Å². The van der Waals surface area contributed by atoms with Crippen LogP contribution in [0.1, 0.15) is 28.8 Å². The molecule has 0 atom stereocenters. The van der Waals surface area contributed by atoms with Crippen LogP contribution in [0.25, 0.3) is 6.08 Å². The predicted molar refractivity (Wildman–Crippen MR) is 93.9 cm³/mol. The highest BCUT2D eigenvalue weighted by Crippen LogP contribution is 2.25. The Bertz CT molecular complexity index is 920. The van der Waals surface area contributed by atoms with Crippen LogP contribution in [0, 0.1) is 10.1 Å². The molecule has 1 aliphatic heterocycles. The normalized spacial score (nSPS) is 14.2. The van der Waals surface area contributed by atoms with Crippen molar-refractivity contribution in [3.8, 4) is 5.75 Å². The van der Waals surface area contributed by atoms with Gasteiger partial charge in [-0.15, -0.1) is 0 Å². The molecule has 2 aromatic carbocycles. The van der Waals surface area contributed by atoms with Gasteiger partial charge < -0.3 is 10.0 Å². The minimum absolute atomic E-state index is 0.0372. The molecule has 26 heavy (non-hydrogen) atoms. The van der Waals surface area contributed by atoms with Crippen molar-refractivity contribution < 1.29 is 19.6 Å². The van der Waals surface area contributed by atoms with Crippen molar-refractivity contribution in [3.63, 3.8) is 0 Å². The molecule has 0 saturated carbocycles. The first-order valence-electron chi connectivity index (χ1n) is 8.04. The molecule has 1 aliphatic rings. The smallest absolute Gasteiger partial charge is 0.262 e. The Morgan fingerprint density at radius 3 is 2.69 bits per heavy atom. The lowest BCUT2D eigenvalue weighted by Gasteiger charge is -2.16. The van der Waals surface area contributed by atoms with Gasteiger partial charge in [0.25, 0.3) is 5.69 Å². The summed E-state index contributed by atoms with van der Waals surface area (Å²) in [4.78, 5) is 35.9. The molecule has 0 radical (unpaired) electrons. The van der Waals surface area contributed by atoms with Gasteiger partial charge in [-0.3, -0.25) is 19.7 Å². The fourth-order valence-corrected chi connectivity index (χ4v) is 2.80. The van der Waals surface area contributed by atoms with Crippen LogP contribution < -0.4 is 10.0 Å². The van der Waals surface area contributed by atoms with E-state index in [4.69, 9.17) is 0 Å². The number of ketones is 1. The van der Waals surface area contributed by atoms with Crippen molar-refractivity contribution in [2.75, 3.05) is 11.4 Å². The van der Waals surface area contributed by atoms with Crippen LogP contribution in [0.5, 0.6) is 5.75 Å². The molecule has 0 bridgehead atoms. The molecule has 0 spiro atoms. The molecule has 132 valence electrons. The van der Waals surface area contributed by atoms with E-state index in [0.717, 1.165) is 18.6 Å². The van der Waals surface area contributed by atoms with Gasteiger partial charge in [-0.2, -0.15) is 0 Å². The number of rotatable bonds is 5. The van der Waals surface area contributed by atoms with Gasteiger partial charge in [0.2, 0.25) is 5.91 Å². The molecule has 0 aliphatic carbocycles. The topological polar surface area (TPSA) is 104 Å². The van der Waals surface area contributed by atoms with Gasteiger partial charge in [0, 0.05) is 30.3 Å². The fraction of sp³-hybridized carbons (Fsp3) is 0.158. The summed E-state index contributed by atoms with van der Waals surface area (Å²) < 4.78 is 0. The number of amides is 1. The van der Waals surface area contributed by atoms with Crippen LogP contribution >= 0.6 is 0 Å². The number of carbonyl (C=O) groups excluding carboxylic acids is 2. The minimum Gasteiger partial charge on any atom is -0.868 e. The van der Waals surface area contributed by atoms with Gasteiger partial charge in [-0.1, -0.05) is 30.3 Å². The molecule has 1 fully saturated rings.